The van der Waals surface area contributed by atoms with Gasteiger partial charge in [0.2, 0.25) is 0 Å². The summed E-state index contributed by atoms with van der Waals surface area (Å²) in [5.41, 5.74) is 1.70. The van der Waals surface area contributed by atoms with Gasteiger partial charge in [-0.3, -0.25) is 0 Å². The molecule has 0 nitrogen and oxygen atoms in total. The van der Waals surface area contributed by atoms with Gasteiger partial charge in [0.15, 0.2) is 0 Å². The van der Waals surface area contributed by atoms with Crippen LogP contribution in [0.2, 0.25) is 0 Å². The Morgan fingerprint density at radius 3 is 2.23 bits per heavy atom. The van der Waals surface area contributed by atoms with Crippen molar-refractivity contribution in [1.29, 1.82) is 0 Å². The molecule has 0 saturated carbocycles. The van der Waals surface area contributed by atoms with Crippen LogP contribution in [0.3, 0.4) is 0 Å². The van der Waals surface area contributed by atoms with E-state index in [0.29, 0.717) is 0 Å². The van der Waals surface area contributed by atoms with Gasteiger partial charge < -0.3 is 0 Å². The van der Waals surface area contributed by atoms with Gasteiger partial charge >= 0.3 is 0 Å². The van der Waals surface area contributed by atoms with Gasteiger partial charge in [0, 0.05) is 0 Å². The lowest BCUT2D eigenvalue weighted by Gasteiger charge is -2.19. The van der Waals surface area contributed by atoms with Crippen molar-refractivity contribution in [3.8, 4) is 0 Å². The van der Waals surface area contributed by atoms with Crippen molar-refractivity contribution in [2.24, 2.45) is 0 Å². The first-order valence-corrected chi connectivity index (χ1v) is 5.08. The van der Waals surface area contributed by atoms with Crippen LogP contribution in [0.25, 0.3) is 0 Å². The molecule has 0 saturated heterocycles. The summed E-state index contributed by atoms with van der Waals surface area (Å²) < 4.78 is 0. The van der Waals surface area contributed by atoms with E-state index < -0.39 is 4.87 Å². The molecule has 0 aliphatic rings. The van der Waals surface area contributed by atoms with E-state index in [1.54, 1.807) is 0 Å². The van der Waals surface area contributed by atoms with Crippen molar-refractivity contribution < 1.29 is 0 Å². The number of halogens is 1. The van der Waals surface area contributed by atoms with Crippen LogP contribution in [0.15, 0.2) is 35.3 Å². The largest absolute Gasteiger partial charge is 0.148 e. The first-order valence-electron chi connectivity index (χ1n) is 4.26. The first kappa shape index (κ1) is 12.9. The molecular weight excluding hydrogens is 200 g/mol. The van der Waals surface area contributed by atoms with Crippen LogP contribution in [0.1, 0.15) is 27.2 Å². The van der Waals surface area contributed by atoms with E-state index in [1.807, 2.05) is 26.8 Å². The Bertz CT molecular complexity index is 243. The molecule has 0 rings (SSSR count). The minimum absolute atomic E-state index is 0.435. The maximum Gasteiger partial charge on any atom is 0.0638 e. The third kappa shape index (κ3) is 4.58. The zero-order valence-corrected chi connectivity index (χ0v) is 10.2. The van der Waals surface area contributed by atoms with Crippen molar-refractivity contribution >= 4 is 24.2 Å². The highest BCUT2D eigenvalue weighted by atomic mass is 35.5. The van der Waals surface area contributed by atoms with Crippen molar-refractivity contribution in [3.63, 3.8) is 0 Å². The number of thiol groups is 1. The van der Waals surface area contributed by atoms with E-state index in [0.717, 1.165) is 22.5 Å². The second-order valence-electron chi connectivity index (χ2n) is 3.47. The molecule has 0 aliphatic carbocycles. The smallest absolute Gasteiger partial charge is 0.0638 e. The van der Waals surface area contributed by atoms with E-state index in [9.17, 15) is 0 Å². The monoisotopic (exact) mass is 216 g/mol. The molecular formula is C11H17ClS. The maximum absolute atomic E-state index is 6.09. The summed E-state index contributed by atoms with van der Waals surface area (Å²) in [7, 11) is 0. The zero-order chi connectivity index (χ0) is 10.6. The predicted octanol–water partition coefficient (Wildman–Crippen LogP) is 4.34. The molecule has 0 aliphatic heterocycles. The number of alkyl halides is 1. The summed E-state index contributed by atoms with van der Waals surface area (Å²) in [5.74, 6) is 0. The Morgan fingerprint density at radius 1 is 1.46 bits per heavy atom. The number of allylic oxidation sites excluding steroid dienone is 4. The van der Waals surface area contributed by atoms with Gasteiger partial charge in [-0.25, -0.2) is 0 Å². The quantitative estimate of drug-likeness (QED) is 0.404. The van der Waals surface area contributed by atoms with Gasteiger partial charge in [-0.05, 0) is 42.4 Å². The van der Waals surface area contributed by atoms with Gasteiger partial charge in [-0.2, -0.15) is 0 Å². The van der Waals surface area contributed by atoms with Crippen LogP contribution in [0, 0.1) is 0 Å². The maximum atomic E-state index is 6.09. The predicted molar refractivity (Wildman–Crippen MR) is 65.6 cm³/mol. The highest BCUT2D eigenvalue weighted by molar-refractivity contribution is 7.84. The minimum atomic E-state index is -0.435. The molecule has 0 aromatic heterocycles. The highest BCUT2D eigenvalue weighted by Crippen LogP contribution is 2.29. The van der Waals surface area contributed by atoms with E-state index in [-0.39, 0.29) is 0 Å². The second kappa shape index (κ2) is 4.92. The number of hydrogen-bond acceptors (Lipinski definition) is 1. The minimum Gasteiger partial charge on any atom is -0.148 e. The Balaban J connectivity index is 4.56. The fourth-order valence-electron chi connectivity index (χ4n) is 0.772. The van der Waals surface area contributed by atoms with Crippen LogP contribution in [0.5, 0.6) is 0 Å². The second-order valence-corrected chi connectivity index (χ2v) is 4.98. The number of hydrogen-bond donors (Lipinski definition) is 1. The molecule has 0 fully saturated rings. The van der Waals surface area contributed by atoms with E-state index in [1.165, 1.54) is 0 Å². The normalized spacial score (nSPS) is 12.8. The number of rotatable bonds is 4. The van der Waals surface area contributed by atoms with Crippen molar-refractivity contribution in [1.82, 2.24) is 0 Å². The Morgan fingerprint density at radius 2 is 1.92 bits per heavy atom. The molecule has 0 unspecified atom stereocenters. The van der Waals surface area contributed by atoms with E-state index in [4.69, 9.17) is 11.6 Å². The standard InChI is InChI=1S/C11H17ClS/c1-6-10(13)7-8(2)9(3)11(4,5)12/h7,13H,2-3,6H2,1,4-5H3/b10-7+. The zero-order valence-electron chi connectivity index (χ0n) is 8.52. The molecule has 2 heteroatoms. The van der Waals surface area contributed by atoms with Crippen LogP contribution in [0.4, 0.5) is 0 Å². The van der Waals surface area contributed by atoms with Crippen molar-refractivity contribution in [3.05, 3.63) is 35.3 Å². The molecule has 0 spiro atoms. The highest BCUT2D eigenvalue weighted by Gasteiger charge is 2.18. The van der Waals surface area contributed by atoms with Gasteiger partial charge in [0.1, 0.15) is 0 Å². The van der Waals surface area contributed by atoms with Crippen LogP contribution in [-0.4, -0.2) is 4.87 Å². The molecule has 0 aromatic rings. The summed E-state index contributed by atoms with van der Waals surface area (Å²) in [6, 6.07) is 0. The molecule has 74 valence electrons. The lowest BCUT2D eigenvalue weighted by Crippen LogP contribution is -2.13. The van der Waals surface area contributed by atoms with Gasteiger partial charge in [0.05, 0.1) is 4.87 Å². The fourth-order valence-corrected chi connectivity index (χ4v) is 1.05. The van der Waals surface area contributed by atoms with Crippen LogP contribution < -0.4 is 0 Å². The van der Waals surface area contributed by atoms with Crippen LogP contribution in [-0.2, 0) is 0 Å². The molecule has 0 atom stereocenters. The topological polar surface area (TPSA) is 0 Å². The molecule has 0 N–H and O–H groups in total. The summed E-state index contributed by atoms with van der Waals surface area (Å²) in [6.07, 6.45) is 2.81. The fraction of sp³-hybridized carbons (Fsp3) is 0.455. The van der Waals surface area contributed by atoms with Gasteiger partial charge in [-0.15, -0.1) is 24.2 Å². The van der Waals surface area contributed by atoms with E-state index >= 15 is 0 Å². The average molecular weight is 217 g/mol. The van der Waals surface area contributed by atoms with Crippen molar-refractivity contribution in [2.75, 3.05) is 0 Å². The molecule has 0 amide bonds. The lowest BCUT2D eigenvalue weighted by molar-refractivity contribution is 0.836. The van der Waals surface area contributed by atoms with Gasteiger partial charge in [-0.1, -0.05) is 20.1 Å². The van der Waals surface area contributed by atoms with Gasteiger partial charge in [0.25, 0.3) is 0 Å². The summed E-state index contributed by atoms with van der Waals surface area (Å²) in [5, 5.41) is 0. The van der Waals surface area contributed by atoms with E-state index in [2.05, 4.69) is 25.8 Å². The van der Waals surface area contributed by atoms with Crippen LogP contribution >= 0.6 is 24.2 Å². The molecule has 13 heavy (non-hydrogen) atoms. The molecule has 0 radical (unpaired) electrons. The lowest BCUT2D eigenvalue weighted by atomic mass is 9.97. The summed E-state index contributed by atoms with van der Waals surface area (Å²) in [6.45, 7) is 13.7. The summed E-state index contributed by atoms with van der Waals surface area (Å²) in [4.78, 5) is 0.558. The SMILES string of the molecule is C=C(/C=C(/S)CC)C(=C)C(C)(C)Cl. The first-order chi connectivity index (χ1) is 5.79. The Hall–Kier alpha value is -0.140. The molecule has 0 heterocycles. The molecule has 0 aromatic carbocycles. The Kier molecular flexibility index (Phi) is 4.87. The third-order valence-electron chi connectivity index (χ3n) is 1.81. The van der Waals surface area contributed by atoms with Crippen molar-refractivity contribution in [2.45, 2.75) is 32.1 Å². The molecule has 0 bridgehead atoms. The Labute approximate surface area is 91.8 Å². The summed E-state index contributed by atoms with van der Waals surface area (Å²) >= 11 is 10.4. The third-order valence-corrected chi connectivity index (χ3v) is 2.48. The average Bonchev–Trinajstić information content (AvgIpc) is 2.01.